The molecule has 0 aromatic heterocycles. The first kappa shape index (κ1) is 13.7. The molecule has 0 amide bonds. The van der Waals surface area contributed by atoms with E-state index in [9.17, 15) is 24.9 Å². The van der Waals surface area contributed by atoms with Gasteiger partial charge in [-0.05, 0) is 12.2 Å². The van der Waals surface area contributed by atoms with Crippen LogP contribution in [0, 0.1) is 0 Å². The molecule has 0 radical (unpaired) electrons. The van der Waals surface area contributed by atoms with E-state index in [0.29, 0.717) is 0 Å². The lowest BCUT2D eigenvalue weighted by atomic mass is 9.90. The second-order valence-electron chi connectivity index (χ2n) is 4.45. The molecule has 19 heavy (non-hydrogen) atoms. The van der Waals surface area contributed by atoms with Crippen LogP contribution in [0.3, 0.4) is 0 Å². The fourth-order valence-corrected chi connectivity index (χ4v) is 1.90. The molecule has 1 heterocycles. The van der Waals surface area contributed by atoms with Crippen molar-refractivity contribution in [3.63, 3.8) is 0 Å². The molecule has 1 aliphatic heterocycles. The summed E-state index contributed by atoms with van der Waals surface area (Å²) >= 11 is 0. The van der Waals surface area contributed by atoms with Crippen molar-refractivity contribution in [2.24, 2.45) is 0 Å². The fraction of sp³-hybridized carbons (Fsp3) is 0.455. The first-order chi connectivity index (χ1) is 8.88. The monoisotopic (exact) mass is 271 g/mol. The molecule has 0 aromatic rings. The number of hydrogen-bond acceptors (Lipinski definition) is 7. The van der Waals surface area contributed by atoms with E-state index < -0.39 is 36.3 Å². The molecule has 0 saturated carbocycles. The Labute approximate surface area is 107 Å². The highest BCUT2D eigenvalue weighted by atomic mass is 16.6. The number of carbonyl (C=O) groups excluding carboxylic acids is 1. The predicted octanol–water partition coefficient (Wildman–Crippen LogP) is -2.50. The minimum Gasteiger partial charge on any atom is -0.478 e. The summed E-state index contributed by atoms with van der Waals surface area (Å²) in [6, 6.07) is 0. The number of nitrogens with one attached hydrogen (secondary N) is 1. The van der Waals surface area contributed by atoms with Gasteiger partial charge in [-0.25, -0.2) is 4.79 Å². The number of rotatable bonds is 3. The third-order valence-corrected chi connectivity index (χ3v) is 3.13. The Bertz CT molecular complexity index is 491. The van der Waals surface area contributed by atoms with Crippen LogP contribution in [0.15, 0.2) is 23.4 Å². The number of hydrogen-bond donors (Lipinski definition) is 5. The molecule has 8 heteroatoms. The summed E-state index contributed by atoms with van der Waals surface area (Å²) in [5, 5.41) is 40.2. The molecular weight excluding hydrogens is 258 g/mol. The molecule has 1 unspecified atom stereocenters. The van der Waals surface area contributed by atoms with Gasteiger partial charge in [-0.3, -0.25) is 4.79 Å². The van der Waals surface area contributed by atoms with Gasteiger partial charge in [0.1, 0.15) is 5.54 Å². The maximum absolute atomic E-state index is 11.7. The minimum absolute atomic E-state index is 0.355. The van der Waals surface area contributed by atoms with Crippen molar-refractivity contribution in [1.29, 1.82) is 0 Å². The predicted molar refractivity (Wildman–Crippen MR) is 59.7 cm³/mol. The number of ether oxygens (including phenoxy) is 1. The number of aliphatic hydroxyl groups excluding tert-OH is 2. The normalized spacial score (nSPS) is 28.9. The van der Waals surface area contributed by atoms with Gasteiger partial charge in [0, 0.05) is 0 Å². The molecule has 0 spiro atoms. The molecule has 1 atom stereocenters. The standard InChI is InChI=1S/C11H13NO7/c13-3-10(4-14)5-19-11(18)7(15)2-1-6(9(16)17)8(11)12-10/h1-2,12-14,18H,3-5H2,(H,16,17). The quantitative estimate of drug-likeness (QED) is 0.380. The highest BCUT2D eigenvalue weighted by molar-refractivity contribution is 6.05. The van der Waals surface area contributed by atoms with E-state index >= 15 is 0 Å². The number of carboxylic acid groups (broad SMARTS) is 1. The highest BCUT2D eigenvalue weighted by Crippen LogP contribution is 2.33. The molecule has 0 bridgehead atoms. The van der Waals surface area contributed by atoms with Crippen LogP contribution < -0.4 is 5.32 Å². The molecule has 1 aliphatic carbocycles. The second kappa shape index (κ2) is 4.42. The molecule has 5 N–H and O–H groups in total. The van der Waals surface area contributed by atoms with E-state index in [2.05, 4.69) is 5.32 Å². The number of carboxylic acids is 1. The topological polar surface area (TPSA) is 136 Å². The van der Waals surface area contributed by atoms with Gasteiger partial charge in [0.15, 0.2) is 0 Å². The first-order valence-electron chi connectivity index (χ1n) is 5.45. The lowest BCUT2D eigenvalue weighted by Crippen LogP contribution is -2.67. The van der Waals surface area contributed by atoms with E-state index in [1.807, 2.05) is 0 Å². The van der Waals surface area contributed by atoms with Gasteiger partial charge >= 0.3 is 5.97 Å². The molecular formula is C11H13NO7. The number of morpholine rings is 1. The van der Waals surface area contributed by atoms with E-state index in [1.165, 1.54) is 0 Å². The van der Waals surface area contributed by atoms with Gasteiger partial charge in [-0.2, -0.15) is 0 Å². The molecule has 2 aliphatic rings. The van der Waals surface area contributed by atoms with Crippen LogP contribution in [0.2, 0.25) is 0 Å². The Balaban J connectivity index is 2.53. The van der Waals surface area contributed by atoms with Crippen molar-refractivity contribution in [3.8, 4) is 0 Å². The van der Waals surface area contributed by atoms with Crippen LogP contribution >= 0.6 is 0 Å². The smallest absolute Gasteiger partial charge is 0.337 e. The lowest BCUT2D eigenvalue weighted by molar-refractivity contribution is -0.213. The van der Waals surface area contributed by atoms with Crippen LogP contribution in [0.1, 0.15) is 0 Å². The summed E-state index contributed by atoms with van der Waals surface area (Å²) in [6.07, 6.45) is 1.93. The van der Waals surface area contributed by atoms with Gasteiger partial charge in [0.05, 0.1) is 31.1 Å². The average molecular weight is 271 g/mol. The zero-order valence-electron chi connectivity index (χ0n) is 9.79. The van der Waals surface area contributed by atoms with E-state index in [4.69, 9.17) is 9.84 Å². The summed E-state index contributed by atoms with van der Waals surface area (Å²) in [7, 11) is 0. The Morgan fingerprint density at radius 2 is 2.00 bits per heavy atom. The molecule has 1 saturated heterocycles. The Morgan fingerprint density at radius 1 is 1.37 bits per heavy atom. The Morgan fingerprint density at radius 3 is 2.53 bits per heavy atom. The number of aliphatic carboxylic acids is 1. The molecule has 0 aromatic carbocycles. The van der Waals surface area contributed by atoms with Crippen LogP contribution in [0.25, 0.3) is 0 Å². The lowest BCUT2D eigenvalue weighted by Gasteiger charge is -2.45. The minimum atomic E-state index is -2.42. The number of aliphatic hydroxyl groups is 3. The Kier molecular flexibility index (Phi) is 3.19. The van der Waals surface area contributed by atoms with Crippen molar-refractivity contribution in [3.05, 3.63) is 23.4 Å². The highest BCUT2D eigenvalue weighted by Gasteiger charge is 2.52. The summed E-state index contributed by atoms with van der Waals surface area (Å²) < 4.78 is 5.01. The summed E-state index contributed by atoms with van der Waals surface area (Å²) in [5.41, 5.74) is -2.11. The summed E-state index contributed by atoms with van der Waals surface area (Å²) in [4.78, 5) is 22.7. The van der Waals surface area contributed by atoms with Gasteiger partial charge < -0.3 is 30.5 Å². The number of fused-ring (bicyclic) bond motifs is 1. The second-order valence-corrected chi connectivity index (χ2v) is 4.45. The van der Waals surface area contributed by atoms with Crippen molar-refractivity contribution in [2.45, 2.75) is 11.3 Å². The SMILES string of the molecule is O=C(O)C1=C2NC(CO)(CO)COC2(O)C(=O)C=C1. The number of ketones is 1. The van der Waals surface area contributed by atoms with Gasteiger partial charge in [-0.1, -0.05) is 0 Å². The molecule has 1 fully saturated rings. The van der Waals surface area contributed by atoms with E-state index in [1.54, 1.807) is 0 Å². The van der Waals surface area contributed by atoms with Crippen molar-refractivity contribution in [1.82, 2.24) is 5.32 Å². The Hall–Kier alpha value is -1.74. The molecule has 104 valence electrons. The van der Waals surface area contributed by atoms with Crippen molar-refractivity contribution in [2.75, 3.05) is 19.8 Å². The molecule has 8 nitrogen and oxygen atoms in total. The van der Waals surface area contributed by atoms with Crippen LogP contribution in [-0.4, -0.2) is 63.3 Å². The summed E-state index contributed by atoms with van der Waals surface area (Å²) in [5.74, 6) is -4.62. The maximum Gasteiger partial charge on any atom is 0.337 e. The van der Waals surface area contributed by atoms with Crippen LogP contribution in [0.4, 0.5) is 0 Å². The van der Waals surface area contributed by atoms with Crippen molar-refractivity contribution >= 4 is 11.8 Å². The van der Waals surface area contributed by atoms with Gasteiger partial charge in [0.2, 0.25) is 5.78 Å². The summed E-state index contributed by atoms with van der Waals surface area (Å²) in [6.45, 7) is -1.48. The zero-order chi connectivity index (χ0) is 14.3. The van der Waals surface area contributed by atoms with Crippen LogP contribution in [0.5, 0.6) is 0 Å². The van der Waals surface area contributed by atoms with Crippen molar-refractivity contribution < 1.29 is 34.8 Å². The average Bonchev–Trinajstić information content (AvgIpc) is 2.40. The first-order valence-corrected chi connectivity index (χ1v) is 5.45. The maximum atomic E-state index is 11.7. The van der Waals surface area contributed by atoms with Crippen LogP contribution in [-0.2, 0) is 14.3 Å². The van der Waals surface area contributed by atoms with Gasteiger partial charge in [0.25, 0.3) is 5.79 Å². The third-order valence-electron chi connectivity index (χ3n) is 3.13. The van der Waals surface area contributed by atoms with Gasteiger partial charge in [-0.15, -0.1) is 0 Å². The van der Waals surface area contributed by atoms with E-state index in [-0.39, 0.29) is 17.9 Å². The third kappa shape index (κ3) is 1.94. The number of carbonyl (C=O) groups is 2. The van der Waals surface area contributed by atoms with E-state index in [0.717, 1.165) is 12.2 Å². The fourth-order valence-electron chi connectivity index (χ4n) is 1.90. The zero-order valence-corrected chi connectivity index (χ0v) is 9.79. The molecule has 2 rings (SSSR count). The largest absolute Gasteiger partial charge is 0.478 e.